The van der Waals surface area contributed by atoms with Gasteiger partial charge < -0.3 is 19.1 Å². The minimum atomic E-state index is -0.463. The van der Waals surface area contributed by atoms with Crippen LogP contribution in [0.3, 0.4) is 0 Å². The number of carbonyl (C=O) groups is 1. The molecule has 1 aliphatic heterocycles. The van der Waals surface area contributed by atoms with Crippen molar-refractivity contribution in [1.29, 1.82) is 0 Å². The SMILES string of the molecule is CCOC(=O)C(=Cc1ccc(OCN2c3ccccc3Sc3ccccc32)cc1)OCC. The zero-order valence-electron chi connectivity index (χ0n) is 18.1. The van der Waals surface area contributed by atoms with E-state index in [1.807, 2.05) is 43.3 Å². The number of ether oxygens (including phenoxy) is 3. The molecule has 0 bridgehead atoms. The average molecular weight is 448 g/mol. The van der Waals surface area contributed by atoms with E-state index in [1.54, 1.807) is 24.8 Å². The Morgan fingerprint density at radius 1 is 0.844 bits per heavy atom. The highest BCUT2D eigenvalue weighted by atomic mass is 32.2. The molecule has 0 N–H and O–H groups in total. The van der Waals surface area contributed by atoms with Gasteiger partial charge in [-0.3, -0.25) is 0 Å². The molecule has 0 atom stereocenters. The smallest absolute Gasteiger partial charge is 0.373 e. The lowest BCUT2D eigenvalue weighted by molar-refractivity contribution is -0.142. The first-order chi connectivity index (χ1) is 15.7. The van der Waals surface area contributed by atoms with Crippen molar-refractivity contribution >= 4 is 35.2 Å². The van der Waals surface area contributed by atoms with Crippen molar-refractivity contribution in [2.45, 2.75) is 23.6 Å². The molecule has 32 heavy (non-hydrogen) atoms. The number of para-hydroxylation sites is 2. The molecule has 0 saturated heterocycles. The molecule has 0 radical (unpaired) electrons. The number of hydrogen-bond acceptors (Lipinski definition) is 6. The number of esters is 1. The van der Waals surface area contributed by atoms with Crippen LogP contribution in [0.15, 0.2) is 88.3 Å². The van der Waals surface area contributed by atoms with Crippen molar-refractivity contribution in [1.82, 2.24) is 0 Å². The molecule has 6 heteroatoms. The molecule has 0 fully saturated rings. The molecule has 5 nitrogen and oxygen atoms in total. The summed E-state index contributed by atoms with van der Waals surface area (Å²) in [6, 6.07) is 24.2. The Hall–Kier alpha value is -3.38. The standard InChI is InChI=1S/C26H25NO4S/c1-3-29-23(26(28)30-4-2)17-19-13-15-20(16-14-19)31-18-27-21-9-5-7-11-24(21)32-25-12-8-6-10-22(25)27/h5-17H,3-4,18H2,1-2H3. The predicted octanol–water partition coefficient (Wildman–Crippen LogP) is 6.27. The van der Waals surface area contributed by atoms with Gasteiger partial charge in [0.1, 0.15) is 5.75 Å². The van der Waals surface area contributed by atoms with Crippen molar-refractivity contribution in [3.8, 4) is 5.75 Å². The Morgan fingerprint density at radius 3 is 2.03 bits per heavy atom. The summed E-state index contributed by atoms with van der Waals surface area (Å²) < 4.78 is 16.6. The molecule has 3 aromatic carbocycles. The molecule has 0 amide bonds. The average Bonchev–Trinajstić information content (AvgIpc) is 2.82. The monoisotopic (exact) mass is 447 g/mol. The topological polar surface area (TPSA) is 48.0 Å². The molecule has 0 saturated carbocycles. The summed E-state index contributed by atoms with van der Waals surface area (Å²) in [4.78, 5) is 16.6. The second kappa shape index (κ2) is 10.3. The van der Waals surface area contributed by atoms with Crippen molar-refractivity contribution in [3.05, 3.63) is 84.1 Å². The summed E-state index contributed by atoms with van der Waals surface area (Å²) in [5.41, 5.74) is 3.09. The van der Waals surface area contributed by atoms with Crippen LogP contribution in [0.1, 0.15) is 19.4 Å². The van der Waals surface area contributed by atoms with Gasteiger partial charge in [-0.2, -0.15) is 0 Å². The molecule has 3 aromatic rings. The largest absolute Gasteiger partial charge is 0.487 e. The number of hydrogen-bond donors (Lipinski definition) is 0. The minimum absolute atomic E-state index is 0.196. The fourth-order valence-electron chi connectivity index (χ4n) is 3.39. The van der Waals surface area contributed by atoms with Crippen LogP contribution >= 0.6 is 11.8 Å². The summed E-state index contributed by atoms with van der Waals surface area (Å²) in [6.07, 6.45) is 1.68. The van der Waals surface area contributed by atoms with Crippen LogP contribution in [-0.2, 0) is 14.3 Å². The first kappa shape index (κ1) is 21.8. The van der Waals surface area contributed by atoms with Crippen LogP contribution in [-0.4, -0.2) is 25.9 Å². The predicted molar refractivity (Wildman–Crippen MR) is 127 cm³/mol. The lowest BCUT2D eigenvalue weighted by atomic mass is 10.2. The fraction of sp³-hybridized carbons (Fsp3) is 0.192. The van der Waals surface area contributed by atoms with Crippen molar-refractivity contribution in [2.75, 3.05) is 24.8 Å². The zero-order valence-corrected chi connectivity index (χ0v) is 18.9. The first-order valence-electron chi connectivity index (χ1n) is 10.6. The molecule has 164 valence electrons. The minimum Gasteiger partial charge on any atom is -0.487 e. The highest BCUT2D eigenvalue weighted by Gasteiger charge is 2.23. The lowest BCUT2D eigenvalue weighted by Crippen LogP contribution is -2.25. The molecule has 0 aliphatic carbocycles. The van der Waals surface area contributed by atoms with Gasteiger partial charge in [0.05, 0.1) is 24.6 Å². The molecule has 0 spiro atoms. The van der Waals surface area contributed by atoms with Gasteiger partial charge in [-0.1, -0.05) is 48.2 Å². The molecule has 0 aromatic heterocycles. The maximum absolute atomic E-state index is 12.0. The molecular formula is C26H25NO4S. The Kier molecular flexibility index (Phi) is 7.02. The van der Waals surface area contributed by atoms with Gasteiger partial charge >= 0.3 is 5.97 Å². The number of benzene rings is 3. The quantitative estimate of drug-likeness (QED) is 0.231. The Morgan fingerprint density at radius 2 is 1.44 bits per heavy atom. The summed E-state index contributed by atoms with van der Waals surface area (Å²) >= 11 is 1.77. The van der Waals surface area contributed by atoms with E-state index in [4.69, 9.17) is 14.2 Å². The maximum atomic E-state index is 12.0. The van der Waals surface area contributed by atoms with E-state index in [0.717, 1.165) is 22.7 Å². The van der Waals surface area contributed by atoms with Crippen LogP contribution < -0.4 is 9.64 Å². The Bertz CT molecular complexity index is 1070. The van der Waals surface area contributed by atoms with Crippen molar-refractivity contribution in [2.24, 2.45) is 0 Å². The van der Waals surface area contributed by atoms with Crippen LogP contribution in [0.5, 0.6) is 5.75 Å². The van der Waals surface area contributed by atoms with Crippen LogP contribution in [0.25, 0.3) is 6.08 Å². The molecular weight excluding hydrogens is 422 g/mol. The van der Waals surface area contributed by atoms with Crippen LogP contribution in [0.4, 0.5) is 11.4 Å². The van der Waals surface area contributed by atoms with Gasteiger partial charge in [-0.25, -0.2) is 4.79 Å². The first-order valence-corrected chi connectivity index (χ1v) is 11.4. The van der Waals surface area contributed by atoms with E-state index < -0.39 is 5.97 Å². The number of nitrogens with zero attached hydrogens (tertiary/aromatic N) is 1. The third kappa shape index (κ3) is 4.92. The summed E-state index contributed by atoms with van der Waals surface area (Å²) in [5, 5.41) is 0. The van der Waals surface area contributed by atoms with Gasteiger partial charge in [-0.05, 0) is 61.9 Å². The molecule has 1 heterocycles. The van der Waals surface area contributed by atoms with E-state index in [0.29, 0.717) is 19.9 Å². The number of rotatable bonds is 8. The highest BCUT2D eigenvalue weighted by Crippen LogP contribution is 2.47. The maximum Gasteiger partial charge on any atom is 0.373 e. The van der Waals surface area contributed by atoms with Crippen molar-refractivity contribution in [3.63, 3.8) is 0 Å². The van der Waals surface area contributed by atoms with Gasteiger partial charge in [0, 0.05) is 9.79 Å². The third-order valence-electron chi connectivity index (χ3n) is 4.85. The van der Waals surface area contributed by atoms with Crippen molar-refractivity contribution < 1.29 is 19.0 Å². The lowest BCUT2D eigenvalue weighted by Gasteiger charge is -2.32. The van der Waals surface area contributed by atoms with Gasteiger partial charge in [0.2, 0.25) is 5.76 Å². The number of fused-ring (bicyclic) bond motifs is 2. The number of anilines is 2. The summed E-state index contributed by atoms with van der Waals surface area (Å²) in [6.45, 7) is 4.68. The van der Waals surface area contributed by atoms with E-state index in [9.17, 15) is 4.79 Å². The molecule has 4 rings (SSSR count). The Balaban J connectivity index is 1.50. The molecule has 1 aliphatic rings. The second-order valence-corrected chi connectivity index (χ2v) is 8.05. The number of carbonyl (C=O) groups excluding carboxylic acids is 1. The fourth-order valence-corrected chi connectivity index (χ4v) is 4.48. The van der Waals surface area contributed by atoms with Gasteiger partial charge in [0.15, 0.2) is 6.73 Å². The highest BCUT2D eigenvalue weighted by molar-refractivity contribution is 7.99. The zero-order chi connectivity index (χ0) is 22.3. The van der Waals surface area contributed by atoms with Crippen LogP contribution in [0, 0.1) is 0 Å². The van der Waals surface area contributed by atoms with Gasteiger partial charge in [0.25, 0.3) is 0 Å². The van der Waals surface area contributed by atoms with Crippen LogP contribution in [0.2, 0.25) is 0 Å². The third-order valence-corrected chi connectivity index (χ3v) is 5.98. The van der Waals surface area contributed by atoms with E-state index >= 15 is 0 Å². The molecule has 0 unspecified atom stereocenters. The van der Waals surface area contributed by atoms with E-state index in [-0.39, 0.29) is 5.76 Å². The summed E-state index contributed by atoms with van der Waals surface area (Å²) in [5.74, 6) is 0.474. The summed E-state index contributed by atoms with van der Waals surface area (Å²) in [7, 11) is 0. The van der Waals surface area contributed by atoms with Gasteiger partial charge in [-0.15, -0.1) is 0 Å². The Labute approximate surface area is 192 Å². The van der Waals surface area contributed by atoms with E-state index in [2.05, 4.69) is 41.3 Å². The van der Waals surface area contributed by atoms with E-state index in [1.165, 1.54) is 9.79 Å². The second-order valence-electron chi connectivity index (χ2n) is 6.97. The normalized spacial score (nSPS) is 12.6.